The average molecular weight is 261 g/mol. The number of hydrogen-bond donors (Lipinski definition) is 1. The second-order valence-electron chi connectivity index (χ2n) is 5.58. The van der Waals surface area contributed by atoms with Crippen molar-refractivity contribution < 1.29 is 9.90 Å². The molecule has 1 heterocycles. The number of carbonyl (C=O) groups is 1. The molecular formula is C16H23NO2. The highest BCUT2D eigenvalue weighted by atomic mass is 16.3. The lowest BCUT2D eigenvalue weighted by atomic mass is 10.0. The summed E-state index contributed by atoms with van der Waals surface area (Å²) >= 11 is 0. The number of carbonyl (C=O) groups excluding carboxylic acids is 1. The minimum atomic E-state index is -0.579. The summed E-state index contributed by atoms with van der Waals surface area (Å²) in [5.74, 6) is 0.660. The standard InChI is InChI=1S/C16H23NO2/c1-3-4-13-9-16(19)17(10-13)11-15(18)14-7-5-12(2)6-8-14/h5-8,13,15,18H,3-4,9-11H2,1-2H3. The Hall–Kier alpha value is -1.35. The van der Waals surface area contributed by atoms with E-state index in [0.717, 1.165) is 24.9 Å². The third-order valence-electron chi connectivity index (χ3n) is 3.85. The van der Waals surface area contributed by atoms with Crippen LogP contribution in [0, 0.1) is 12.8 Å². The summed E-state index contributed by atoms with van der Waals surface area (Å²) in [6.45, 7) is 5.39. The molecule has 3 heteroatoms. The monoisotopic (exact) mass is 261 g/mol. The summed E-state index contributed by atoms with van der Waals surface area (Å²) in [6, 6.07) is 7.85. The maximum absolute atomic E-state index is 11.9. The van der Waals surface area contributed by atoms with Crippen LogP contribution in [0.4, 0.5) is 0 Å². The molecule has 1 N–H and O–H groups in total. The first-order valence-corrected chi connectivity index (χ1v) is 7.12. The van der Waals surface area contributed by atoms with Gasteiger partial charge in [0.15, 0.2) is 0 Å². The molecule has 0 saturated carbocycles. The van der Waals surface area contributed by atoms with E-state index in [-0.39, 0.29) is 5.91 Å². The van der Waals surface area contributed by atoms with Crippen molar-refractivity contribution in [3.63, 3.8) is 0 Å². The van der Waals surface area contributed by atoms with Crippen molar-refractivity contribution >= 4 is 5.91 Å². The van der Waals surface area contributed by atoms with Crippen LogP contribution in [-0.2, 0) is 4.79 Å². The van der Waals surface area contributed by atoms with Gasteiger partial charge in [-0.3, -0.25) is 4.79 Å². The normalized spacial score (nSPS) is 20.9. The Morgan fingerprint density at radius 1 is 1.37 bits per heavy atom. The topological polar surface area (TPSA) is 40.5 Å². The van der Waals surface area contributed by atoms with Gasteiger partial charge in [-0.05, 0) is 24.8 Å². The number of hydrogen-bond acceptors (Lipinski definition) is 2. The van der Waals surface area contributed by atoms with E-state index in [9.17, 15) is 9.90 Å². The van der Waals surface area contributed by atoms with Crippen LogP contribution in [0.15, 0.2) is 24.3 Å². The number of nitrogens with zero attached hydrogens (tertiary/aromatic N) is 1. The molecule has 0 spiro atoms. The molecule has 1 aromatic rings. The molecule has 1 fully saturated rings. The van der Waals surface area contributed by atoms with Crippen LogP contribution in [0.5, 0.6) is 0 Å². The van der Waals surface area contributed by atoms with Gasteiger partial charge in [-0.25, -0.2) is 0 Å². The second-order valence-corrected chi connectivity index (χ2v) is 5.58. The SMILES string of the molecule is CCCC1CC(=O)N(CC(O)c2ccc(C)cc2)C1. The van der Waals surface area contributed by atoms with Gasteiger partial charge in [0.1, 0.15) is 0 Å². The number of aryl methyl sites for hydroxylation is 1. The summed E-state index contributed by atoms with van der Waals surface area (Å²) < 4.78 is 0. The van der Waals surface area contributed by atoms with E-state index in [4.69, 9.17) is 0 Å². The third kappa shape index (κ3) is 3.57. The fourth-order valence-corrected chi connectivity index (χ4v) is 2.73. The zero-order chi connectivity index (χ0) is 13.8. The molecule has 2 rings (SSSR count). The molecule has 1 aliphatic rings. The van der Waals surface area contributed by atoms with Gasteiger partial charge in [0, 0.05) is 13.0 Å². The molecule has 0 aliphatic carbocycles. The van der Waals surface area contributed by atoms with Gasteiger partial charge in [-0.1, -0.05) is 43.2 Å². The van der Waals surface area contributed by atoms with Gasteiger partial charge in [0.25, 0.3) is 0 Å². The van der Waals surface area contributed by atoms with E-state index in [1.807, 2.05) is 36.1 Å². The first-order chi connectivity index (χ1) is 9.10. The van der Waals surface area contributed by atoms with Gasteiger partial charge in [-0.2, -0.15) is 0 Å². The zero-order valence-corrected chi connectivity index (χ0v) is 11.8. The zero-order valence-electron chi connectivity index (χ0n) is 11.8. The minimum Gasteiger partial charge on any atom is -0.387 e. The van der Waals surface area contributed by atoms with Gasteiger partial charge in [-0.15, -0.1) is 0 Å². The summed E-state index contributed by atoms with van der Waals surface area (Å²) in [6.07, 6.45) is 2.29. The van der Waals surface area contributed by atoms with Crippen LogP contribution in [0.25, 0.3) is 0 Å². The average Bonchev–Trinajstić information content (AvgIpc) is 2.71. The molecule has 1 aliphatic heterocycles. The van der Waals surface area contributed by atoms with E-state index in [2.05, 4.69) is 6.92 Å². The molecule has 19 heavy (non-hydrogen) atoms. The smallest absolute Gasteiger partial charge is 0.223 e. The molecule has 2 atom stereocenters. The lowest BCUT2D eigenvalue weighted by Crippen LogP contribution is -2.30. The maximum atomic E-state index is 11.9. The fourth-order valence-electron chi connectivity index (χ4n) is 2.73. The van der Waals surface area contributed by atoms with Gasteiger partial charge >= 0.3 is 0 Å². The molecular weight excluding hydrogens is 238 g/mol. The lowest BCUT2D eigenvalue weighted by molar-refractivity contribution is -0.129. The van der Waals surface area contributed by atoms with E-state index in [1.54, 1.807) is 0 Å². The van der Waals surface area contributed by atoms with Crippen LogP contribution in [0.1, 0.15) is 43.4 Å². The molecule has 0 bridgehead atoms. The highest BCUT2D eigenvalue weighted by molar-refractivity contribution is 5.78. The molecule has 0 aromatic heterocycles. The maximum Gasteiger partial charge on any atom is 0.223 e. The first-order valence-electron chi connectivity index (χ1n) is 7.12. The minimum absolute atomic E-state index is 0.185. The number of aliphatic hydroxyl groups is 1. The quantitative estimate of drug-likeness (QED) is 0.885. The van der Waals surface area contributed by atoms with Crippen molar-refractivity contribution in [2.75, 3.05) is 13.1 Å². The summed E-state index contributed by atoms with van der Waals surface area (Å²) in [4.78, 5) is 13.7. The Morgan fingerprint density at radius 2 is 2.05 bits per heavy atom. The Balaban J connectivity index is 1.93. The first kappa shape index (κ1) is 14.1. The van der Waals surface area contributed by atoms with Crippen LogP contribution in [0.3, 0.4) is 0 Å². The number of likely N-dealkylation sites (tertiary alicyclic amines) is 1. The predicted molar refractivity (Wildman–Crippen MR) is 75.7 cm³/mol. The van der Waals surface area contributed by atoms with Crippen molar-refractivity contribution in [1.82, 2.24) is 4.90 Å². The number of amides is 1. The van der Waals surface area contributed by atoms with E-state index in [0.29, 0.717) is 18.9 Å². The molecule has 104 valence electrons. The number of aliphatic hydroxyl groups excluding tert-OH is 1. The van der Waals surface area contributed by atoms with Crippen molar-refractivity contribution in [1.29, 1.82) is 0 Å². The Morgan fingerprint density at radius 3 is 2.68 bits per heavy atom. The van der Waals surface area contributed by atoms with Gasteiger partial charge in [0.05, 0.1) is 12.6 Å². The summed E-state index contributed by atoms with van der Waals surface area (Å²) in [5, 5.41) is 10.2. The summed E-state index contributed by atoms with van der Waals surface area (Å²) in [7, 11) is 0. The number of β-amino-alcohol motifs (C(OH)–C–C–N with tert-alkyl or cyclic N) is 1. The van der Waals surface area contributed by atoms with E-state index >= 15 is 0 Å². The van der Waals surface area contributed by atoms with Crippen LogP contribution in [0.2, 0.25) is 0 Å². The molecule has 1 aromatic carbocycles. The highest BCUT2D eigenvalue weighted by Crippen LogP contribution is 2.24. The number of rotatable bonds is 5. The van der Waals surface area contributed by atoms with Crippen molar-refractivity contribution in [3.8, 4) is 0 Å². The van der Waals surface area contributed by atoms with Crippen molar-refractivity contribution in [2.45, 2.75) is 39.2 Å². The predicted octanol–water partition coefficient (Wildman–Crippen LogP) is 2.68. The largest absolute Gasteiger partial charge is 0.387 e. The lowest BCUT2D eigenvalue weighted by Gasteiger charge is -2.21. The van der Waals surface area contributed by atoms with Crippen LogP contribution in [-0.4, -0.2) is 29.0 Å². The van der Waals surface area contributed by atoms with Crippen LogP contribution >= 0.6 is 0 Å². The third-order valence-corrected chi connectivity index (χ3v) is 3.85. The van der Waals surface area contributed by atoms with E-state index < -0.39 is 6.10 Å². The molecule has 1 saturated heterocycles. The Labute approximate surface area is 115 Å². The van der Waals surface area contributed by atoms with Crippen molar-refractivity contribution in [3.05, 3.63) is 35.4 Å². The van der Waals surface area contributed by atoms with Crippen molar-refractivity contribution in [2.24, 2.45) is 5.92 Å². The van der Waals surface area contributed by atoms with Crippen LogP contribution < -0.4 is 0 Å². The molecule has 0 radical (unpaired) electrons. The number of benzene rings is 1. The summed E-state index contributed by atoms with van der Waals surface area (Å²) in [5.41, 5.74) is 2.06. The molecule has 2 unspecified atom stereocenters. The van der Waals surface area contributed by atoms with Gasteiger partial charge < -0.3 is 10.0 Å². The van der Waals surface area contributed by atoms with Gasteiger partial charge in [0.2, 0.25) is 5.91 Å². The molecule has 1 amide bonds. The Kier molecular flexibility index (Phi) is 4.59. The second kappa shape index (κ2) is 6.20. The fraction of sp³-hybridized carbons (Fsp3) is 0.562. The van der Waals surface area contributed by atoms with E-state index in [1.165, 1.54) is 5.56 Å². The highest BCUT2D eigenvalue weighted by Gasteiger charge is 2.30. The molecule has 3 nitrogen and oxygen atoms in total. The Bertz CT molecular complexity index is 427.